The monoisotopic (exact) mass is 442 g/mol. The molecular weight excluding hydrogens is 416 g/mol. The molecule has 164 valence electrons. The molecule has 0 radical (unpaired) electrons. The molecule has 10 heteroatoms. The van der Waals surface area contributed by atoms with Gasteiger partial charge in [-0.15, -0.1) is 10.2 Å². The average molecular weight is 443 g/mol. The fourth-order valence-corrected chi connectivity index (χ4v) is 3.97. The number of aromatic nitrogens is 5. The van der Waals surface area contributed by atoms with Gasteiger partial charge in [-0.1, -0.05) is 55.4 Å². The van der Waals surface area contributed by atoms with Crippen molar-refractivity contribution in [3.63, 3.8) is 0 Å². The number of rotatable bonds is 7. The van der Waals surface area contributed by atoms with E-state index >= 15 is 0 Å². The molecule has 0 aliphatic heterocycles. The number of thioether (sulfide) groups is 1. The van der Waals surface area contributed by atoms with Crippen LogP contribution in [0.1, 0.15) is 29.8 Å². The molecule has 0 fully saturated rings. The summed E-state index contributed by atoms with van der Waals surface area (Å²) in [5.41, 5.74) is 6.75. The van der Waals surface area contributed by atoms with Gasteiger partial charge in [0.2, 0.25) is 0 Å². The number of benzene rings is 1. The number of carbonyl (C=O) groups is 1. The predicted octanol–water partition coefficient (Wildman–Crippen LogP) is 1.86. The van der Waals surface area contributed by atoms with Crippen LogP contribution in [-0.4, -0.2) is 35.4 Å². The quantitative estimate of drug-likeness (QED) is 0.438. The molecule has 9 nitrogen and oxygen atoms in total. The molecule has 0 aliphatic carbocycles. The van der Waals surface area contributed by atoms with Crippen molar-refractivity contribution in [2.75, 3.05) is 11.5 Å². The first-order chi connectivity index (χ1) is 14.6. The molecule has 0 saturated carbocycles. The molecule has 0 aliphatic rings. The van der Waals surface area contributed by atoms with E-state index in [9.17, 15) is 14.4 Å². The summed E-state index contributed by atoms with van der Waals surface area (Å²) in [5, 5.41) is 8.92. The van der Waals surface area contributed by atoms with Crippen LogP contribution in [0.25, 0.3) is 11.4 Å². The molecule has 1 aromatic carbocycles. The Bertz CT molecular complexity index is 1240. The first-order valence-electron chi connectivity index (χ1n) is 9.83. The summed E-state index contributed by atoms with van der Waals surface area (Å²) in [6, 6.07) is 7.90. The van der Waals surface area contributed by atoms with E-state index in [-0.39, 0.29) is 23.1 Å². The van der Waals surface area contributed by atoms with E-state index in [0.29, 0.717) is 17.5 Å². The molecule has 0 spiro atoms. The number of aryl methyl sites for hydroxylation is 1. The maximum absolute atomic E-state index is 12.9. The summed E-state index contributed by atoms with van der Waals surface area (Å²) in [6.07, 6.45) is 0. The van der Waals surface area contributed by atoms with E-state index in [4.69, 9.17) is 5.73 Å². The van der Waals surface area contributed by atoms with Gasteiger partial charge in [-0.25, -0.2) is 4.79 Å². The average Bonchev–Trinajstić information content (AvgIpc) is 3.09. The molecule has 0 saturated heterocycles. The molecule has 3 rings (SSSR count). The van der Waals surface area contributed by atoms with Crippen LogP contribution in [0.2, 0.25) is 0 Å². The highest BCUT2D eigenvalue weighted by Gasteiger charge is 2.23. The smallest absolute Gasteiger partial charge is 0.332 e. The first-order valence-corrected chi connectivity index (χ1v) is 10.8. The minimum atomic E-state index is -0.689. The number of ketones is 1. The lowest BCUT2D eigenvalue weighted by Crippen LogP contribution is -2.43. The second kappa shape index (κ2) is 8.93. The molecule has 0 amide bonds. The van der Waals surface area contributed by atoms with Gasteiger partial charge in [0.25, 0.3) is 5.56 Å². The van der Waals surface area contributed by atoms with Crippen molar-refractivity contribution in [2.45, 2.75) is 32.5 Å². The van der Waals surface area contributed by atoms with Crippen molar-refractivity contribution < 1.29 is 4.79 Å². The second-order valence-corrected chi connectivity index (χ2v) is 8.80. The molecule has 2 N–H and O–H groups in total. The lowest BCUT2D eigenvalue weighted by Gasteiger charge is -2.16. The van der Waals surface area contributed by atoms with Crippen LogP contribution in [0.5, 0.6) is 0 Å². The van der Waals surface area contributed by atoms with Gasteiger partial charge < -0.3 is 10.3 Å². The SMILES string of the molecule is Cc1ccc(-c2nnc(SCC(=O)c3c(N)n(CC(C)C)c(=O)n(C)c3=O)n2C)cc1. The van der Waals surface area contributed by atoms with Crippen molar-refractivity contribution in [1.29, 1.82) is 0 Å². The Morgan fingerprint density at radius 1 is 1.10 bits per heavy atom. The van der Waals surface area contributed by atoms with Crippen LogP contribution in [0.4, 0.5) is 5.82 Å². The van der Waals surface area contributed by atoms with Crippen molar-refractivity contribution in [2.24, 2.45) is 20.0 Å². The Morgan fingerprint density at radius 2 is 1.74 bits per heavy atom. The Labute approximate surface area is 183 Å². The fraction of sp³-hybridized carbons (Fsp3) is 0.381. The Hall–Kier alpha value is -3.14. The third-order valence-corrected chi connectivity index (χ3v) is 5.91. The molecule has 3 aromatic rings. The van der Waals surface area contributed by atoms with E-state index in [1.54, 1.807) is 4.57 Å². The van der Waals surface area contributed by atoms with Crippen LogP contribution in [0.15, 0.2) is 39.0 Å². The number of hydrogen-bond donors (Lipinski definition) is 1. The number of nitrogen functional groups attached to an aromatic ring is 1. The molecular formula is C21H26N6O3S. The minimum absolute atomic E-state index is 0.0564. The summed E-state index contributed by atoms with van der Waals surface area (Å²) in [7, 11) is 3.17. The van der Waals surface area contributed by atoms with Gasteiger partial charge in [-0.05, 0) is 12.8 Å². The standard InChI is InChI=1S/C21H26N6O3S/c1-12(2)10-27-17(22)16(19(29)26(5)21(27)30)15(28)11-31-20-24-23-18(25(20)4)14-8-6-13(3)7-9-14/h6-9,12H,10-11,22H2,1-5H3. The zero-order chi connectivity index (χ0) is 22.9. The zero-order valence-electron chi connectivity index (χ0n) is 18.2. The van der Waals surface area contributed by atoms with E-state index < -0.39 is 17.0 Å². The summed E-state index contributed by atoms with van der Waals surface area (Å²) in [6.45, 7) is 6.17. The highest BCUT2D eigenvalue weighted by atomic mass is 32.2. The van der Waals surface area contributed by atoms with E-state index in [1.807, 2.05) is 52.1 Å². The summed E-state index contributed by atoms with van der Waals surface area (Å²) in [5.74, 6) is 0.190. The van der Waals surface area contributed by atoms with Crippen LogP contribution >= 0.6 is 11.8 Å². The lowest BCUT2D eigenvalue weighted by atomic mass is 10.1. The third kappa shape index (κ3) is 4.48. The van der Waals surface area contributed by atoms with Gasteiger partial charge in [0.1, 0.15) is 11.4 Å². The zero-order valence-corrected chi connectivity index (χ0v) is 19.1. The van der Waals surface area contributed by atoms with Crippen molar-refractivity contribution >= 4 is 23.4 Å². The second-order valence-electron chi connectivity index (χ2n) is 7.85. The molecule has 2 aromatic heterocycles. The van der Waals surface area contributed by atoms with E-state index in [2.05, 4.69) is 10.2 Å². The number of anilines is 1. The molecule has 2 heterocycles. The molecule has 0 atom stereocenters. The summed E-state index contributed by atoms with van der Waals surface area (Å²) in [4.78, 5) is 37.9. The number of nitrogens with two attached hydrogens (primary N) is 1. The molecule has 31 heavy (non-hydrogen) atoms. The lowest BCUT2D eigenvalue weighted by molar-refractivity contribution is 0.102. The van der Waals surface area contributed by atoms with Crippen molar-refractivity contribution in [3.8, 4) is 11.4 Å². The third-order valence-electron chi connectivity index (χ3n) is 4.89. The van der Waals surface area contributed by atoms with Crippen molar-refractivity contribution in [3.05, 3.63) is 56.2 Å². The topological polar surface area (TPSA) is 118 Å². The van der Waals surface area contributed by atoms with Gasteiger partial charge >= 0.3 is 5.69 Å². The van der Waals surface area contributed by atoms with Gasteiger partial charge in [0.15, 0.2) is 16.8 Å². The van der Waals surface area contributed by atoms with Crippen LogP contribution < -0.4 is 17.0 Å². The van der Waals surface area contributed by atoms with Gasteiger partial charge in [0.05, 0.1) is 5.75 Å². The van der Waals surface area contributed by atoms with Crippen LogP contribution in [0, 0.1) is 12.8 Å². The maximum atomic E-state index is 12.9. The first kappa shape index (κ1) is 22.5. The minimum Gasteiger partial charge on any atom is -0.384 e. The highest BCUT2D eigenvalue weighted by Crippen LogP contribution is 2.23. The molecule has 0 bridgehead atoms. The van der Waals surface area contributed by atoms with Crippen LogP contribution in [0.3, 0.4) is 0 Å². The van der Waals surface area contributed by atoms with Gasteiger partial charge in [-0.2, -0.15) is 0 Å². The number of Topliss-reactive ketones (excluding diaryl/α,β-unsaturated/α-hetero) is 1. The molecule has 0 unspecified atom stereocenters. The fourth-order valence-electron chi connectivity index (χ4n) is 3.18. The van der Waals surface area contributed by atoms with Gasteiger partial charge in [0, 0.05) is 26.2 Å². The van der Waals surface area contributed by atoms with Gasteiger partial charge in [-0.3, -0.25) is 18.7 Å². The normalized spacial score (nSPS) is 11.3. The maximum Gasteiger partial charge on any atom is 0.332 e. The largest absolute Gasteiger partial charge is 0.384 e. The van der Waals surface area contributed by atoms with Crippen molar-refractivity contribution in [1.82, 2.24) is 23.9 Å². The number of hydrogen-bond acceptors (Lipinski definition) is 7. The Morgan fingerprint density at radius 3 is 2.35 bits per heavy atom. The Kier molecular flexibility index (Phi) is 6.49. The van der Waals surface area contributed by atoms with E-state index in [0.717, 1.165) is 27.5 Å². The number of nitrogens with zero attached hydrogens (tertiary/aromatic N) is 5. The Balaban J connectivity index is 1.87. The number of carbonyl (C=O) groups excluding carboxylic acids is 1. The highest BCUT2D eigenvalue weighted by molar-refractivity contribution is 7.99. The van der Waals surface area contributed by atoms with Crippen LogP contribution in [-0.2, 0) is 20.6 Å². The summed E-state index contributed by atoms with van der Waals surface area (Å²) < 4.78 is 4.00. The predicted molar refractivity (Wildman–Crippen MR) is 121 cm³/mol. The summed E-state index contributed by atoms with van der Waals surface area (Å²) >= 11 is 1.16. The van der Waals surface area contributed by atoms with E-state index in [1.165, 1.54) is 11.6 Å².